The zero-order valence-electron chi connectivity index (χ0n) is 10.2. The molecule has 17 heavy (non-hydrogen) atoms. The first-order chi connectivity index (χ1) is 7.86. The molecule has 0 unspecified atom stereocenters. The Morgan fingerprint density at radius 3 is 2.71 bits per heavy atom. The number of rotatable bonds is 3. The molecule has 2 N–H and O–H groups in total. The summed E-state index contributed by atoms with van der Waals surface area (Å²) in [6.07, 6.45) is 4.33. The molecule has 2 fully saturated rings. The van der Waals surface area contributed by atoms with E-state index in [2.05, 4.69) is 10.6 Å². The van der Waals surface area contributed by atoms with Gasteiger partial charge >= 0.3 is 0 Å². The summed E-state index contributed by atoms with van der Waals surface area (Å²) < 4.78 is 5.30. The van der Waals surface area contributed by atoms with Gasteiger partial charge in [0, 0.05) is 26.3 Å². The fraction of sp³-hybridized carbons (Fsp3) is 0.917. The van der Waals surface area contributed by atoms with Gasteiger partial charge in [0.2, 0.25) is 5.91 Å². The highest BCUT2D eigenvalue weighted by Gasteiger charge is 2.22. The molecule has 0 spiro atoms. The third kappa shape index (κ3) is 4.82. The van der Waals surface area contributed by atoms with Gasteiger partial charge in [0.15, 0.2) is 0 Å². The van der Waals surface area contributed by atoms with Crippen molar-refractivity contribution >= 4 is 18.3 Å². The monoisotopic (exact) mass is 262 g/mol. The normalized spacial score (nSPS) is 26.0. The molecule has 5 heteroatoms. The van der Waals surface area contributed by atoms with Crippen LogP contribution in [0.3, 0.4) is 0 Å². The lowest BCUT2D eigenvalue weighted by Gasteiger charge is -2.25. The van der Waals surface area contributed by atoms with Crippen LogP contribution in [0.4, 0.5) is 0 Å². The van der Waals surface area contributed by atoms with E-state index in [0.29, 0.717) is 5.92 Å². The zero-order valence-corrected chi connectivity index (χ0v) is 11.1. The van der Waals surface area contributed by atoms with Crippen molar-refractivity contribution < 1.29 is 9.53 Å². The van der Waals surface area contributed by atoms with Crippen LogP contribution in [0, 0.1) is 11.8 Å². The molecule has 0 aromatic heterocycles. The second-order valence-corrected chi connectivity index (χ2v) is 4.84. The Morgan fingerprint density at radius 1 is 1.29 bits per heavy atom. The molecule has 0 aromatic rings. The van der Waals surface area contributed by atoms with E-state index in [0.717, 1.165) is 58.5 Å². The Hall–Kier alpha value is -0.320. The molecule has 2 aliphatic rings. The van der Waals surface area contributed by atoms with Gasteiger partial charge in [0.05, 0.1) is 5.92 Å². The number of carbonyl (C=O) groups is 1. The lowest BCUT2D eigenvalue weighted by atomic mass is 9.97. The van der Waals surface area contributed by atoms with Crippen molar-refractivity contribution in [3.63, 3.8) is 0 Å². The topological polar surface area (TPSA) is 50.4 Å². The van der Waals surface area contributed by atoms with E-state index in [1.165, 1.54) is 0 Å². The van der Waals surface area contributed by atoms with Crippen LogP contribution in [-0.4, -0.2) is 38.8 Å². The first-order valence-electron chi connectivity index (χ1n) is 6.42. The maximum absolute atomic E-state index is 11.9. The molecule has 2 aliphatic heterocycles. The van der Waals surface area contributed by atoms with Crippen LogP contribution in [0.1, 0.15) is 25.7 Å². The number of carbonyl (C=O) groups excluding carboxylic acids is 1. The van der Waals surface area contributed by atoms with Crippen LogP contribution in [-0.2, 0) is 9.53 Å². The molecule has 0 bridgehead atoms. The van der Waals surface area contributed by atoms with Crippen molar-refractivity contribution in [2.45, 2.75) is 25.7 Å². The SMILES string of the molecule is Cl.O=C(NCC1CCOCC1)[C@@H]1CCCNC1. The largest absolute Gasteiger partial charge is 0.381 e. The van der Waals surface area contributed by atoms with Gasteiger partial charge in [0.1, 0.15) is 0 Å². The first kappa shape index (κ1) is 14.7. The first-order valence-corrected chi connectivity index (χ1v) is 6.42. The Bertz CT molecular complexity index is 227. The average molecular weight is 263 g/mol. The maximum Gasteiger partial charge on any atom is 0.224 e. The molecular weight excluding hydrogens is 240 g/mol. The van der Waals surface area contributed by atoms with E-state index < -0.39 is 0 Å². The molecule has 0 saturated carbocycles. The quantitative estimate of drug-likeness (QED) is 0.796. The highest BCUT2D eigenvalue weighted by atomic mass is 35.5. The van der Waals surface area contributed by atoms with Crippen molar-refractivity contribution in [1.82, 2.24) is 10.6 Å². The third-order valence-electron chi connectivity index (χ3n) is 3.57. The summed E-state index contributed by atoms with van der Waals surface area (Å²) in [7, 11) is 0. The molecule has 1 atom stereocenters. The van der Waals surface area contributed by atoms with Gasteiger partial charge in [-0.25, -0.2) is 0 Å². The van der Waals surface area contributed by atoms with Gasteiger partial charge in [-0.05, 0) is 38.1 Å². The van der Waals surface area contributed by atoms with Crippen LogP contribution in [0.15, 0.2) is 0 Å². The lowest BCUT2D eigenvalue weighted by Crippen LogP contribution is -2.42. The Morgan fingerprint density at radius 2 is 2.06 bits per heavy atom. The number of nitrogens with one attached hydrogen (secondary N) is 2. The van der Waals surface area contributed by atoms with Gasteiger partial charge in [-0.1, -0.05) is 0 Å². The van der Waals surface area contributed by atoms with E-state index in [9.17, 15) is 4.79 Å². The van der Waals surface area contributed by atoms with Crippen molar-refractivity contribution in [3.05, 3.63) is 0 Å². The van der Waals surface area contributed by atoms with E-state index >= 15 is 0 Å². The lowest BCUT2D eigenvalue weighted by molar-refractivity contribution is -0.125. The van der Waals surface area contributed by atoms with Gasteiger partial charge in [-0.2, -0.15) is 0 Å². The standard InChI is InChI=1S/C12H22N2O2.ClH/c15-12(11-2-1-5-13-9-11)14-8-10-3-6-16-7-4-10;/h10-11,13H,1-9H2,(H,14,15);1H/t11-;/m1./s1. The fourth-order valence-electron chi connectivity index (χ4n) is 2.42. The Balaban J connectivity index is 0.00000144. The molecule has 1 amide bonds. The van der Waals surface area contributed by atoms with Crippen molar-refractivity contribution in [1.29, 1.82) is 0 Å². The summed E-state index contributed by atoms with van der Waals surface area (Å²) >= 11 is 0. The van der Waals surface area contributed by atoms with Gasteiger partial charge < -0.3 is 15.4 Å². The van der Waals surface area contributed by atoms with E-state index in [1.54, 1.807) is 0 Å². The number of ether oxygens (including phenoxy) is 1. The molecule has 100 valence electrons. The van der Waals surface area contributed by atoms with Gasteiger partial charge in [0.25, 0.3) is 0 Å². The highest BCUT2D eigenvalue weighted by Crippen LogP contribution is 2.14. The van der Waals surface area contributed by atoms with Crippen LogP contribution in [0.2, 0.25) is 0 Å². The summed E-state index contributed by atoms with van der Waals surface area (Å²) in [5.74, 6) is 1.04. The van der Waals surface area contributed by atoms with Crippen molar-refractivity contribution in [2.75, 3.05) is 32.8 Å². The number of halogens is 1. The summed E-state index contributed by atoms with van der Waals surface area (Å²) in [5, 5.41) is 6.36. The van der Waals surface area contributed by atoms with E-state index in [-0.39, 0.29) is 24.2 Å². The smallest absolute Gasteiger partial charge is 0.224 e. The van der Waals surface area contributed by atoms with Crippen molar-refractivity contribution in [2.24, 2.45) is 11.8 Å². The second kappa shape index (κ2) is 7.90. The number of piperidine rings is 1. The minimum atomic E-state index is 0. The van der Waals surface area contributed by atoms with Crippen LogP contribution < -0.4 is 10.6 Å². The molecule has 0 radical (unpaired) electrons. The Kier molecular flexibility index (Phi) is 6.85. The Labute approximate surface area is 109 Å². The van der Waals surface area contributed by atoms with Crippen molar-refractivity contribution in [3.8, 4) is 0 Å². The molecule has 0 aromatic carbocycles. The van der Waals surface area contributed by atoms with Crippen LogP contribution in [0.5, 0.6) is 0 Å². The summed E-state index contributed by atoms with van der Waals surface area (Å²) in [6.45, 7) is 4.44. The summed E-state index contributed by atoms with van der Waals surface area (Å²) in [4.78, 5) is 11.9. The molecule has 4 nitrogen and oxygen atoms in total. The van der Waals surface area contributed by atoms with E-state index in [1.807, 2.05) is 0 Å². The van der Waals surface area contributed by atoms with Crippen LogP contribution >= 0.6 is 12.4 Å². The predicted molar refractivity (Wildman–Crippen MR) is 69.4 cm³/mol. The molecule has 0 aliphatic carbocycles. The van der Waals surface area contributed by atoms with Gasteiger partial charge in [-0.3, -0.25) is 4.79 Å². The second-order valence-electron chi connectivity index (χ2n) is 4.84. The molecular formula is C12H23ClN2O2. The van der Waals surface area contributed by atoms with Crippen LogP contribution in [0.25, 0.3) is 0 Å². The van der Waals surface area contributed by atoms with Gasteiger partial charge in [-0.15, -0.1) is 12.4 Å². The number of hydrogen-bond donors (Lipinski definition) is 2. The summed E-state index contributed by atoms with van der Waals surface area (Å²) in [6, 6.07) is 0. The molecule has 2 saturated heterocycles. The molecule has 2 rings (SSSR count). The van der Waals surface area contributed by atoms with E-state index in [4.69, 9.17) is 4.74 Å². The average Bonchev–Trinajstić information content (AvgIpc) is 2.38. The molecule has 2 heterocycles. The number of amides is 1. The fourth-order valence-corrected chi connectivity index (χ4v) is 2.42. The summed E-state index contributed by atoms with van der Waals surface area (Å²) in [5.41, 5.74) is 0. The maximum atomic E-state index is 11.9. The predicted octanol–water partition coefficient (Wildman–Crippen LogP) is 0.951. The number of hydrogen-bond acceptors (Lipinski definition) is 3. The minimum absolute atomic E-state index is 0. The zero-order chi connectivity index (χ0) is 11.2. The highest BCUT2D eigenvalue weighted by molar-refractivity contribution is 5.85. The minimum Gasteiger partial charge on any atom is -0.381 e. The third-order valence-corrected chi connectivity index (χ3v) is 3.57.